The Morgan fingerprint density at radius 1 is 0.919 bits per heavy atom. The number of anilines is 1. The second-order valence-corrected chi connectivity index (χ2v) is 20.0. The molecule has 3 aromatic heterocycles. The average molecular weight is 853 g/mol. The summed E-state index contributed by atoms with van der Waals surface area (Å²) in [5.74, 6) is -2.38. The number of ether oxygens (including phenoxy) is 1. The van der Waals surface area contributed by atoms with Crippen molar-refractivity contribution in [2.45, 2.75) is 77.9 Å². The van der Waals surface area contributed by atoms with Crippen LogP contribution in [0.4, 0.5) is 5.13 Å². The minimum Gasteiger partial charge on any atom is -0.481 e. The van der Waals surface area contributed by atoms with Gasteiger partial charge in [0.1, 0.15) is 0 Å². The number of nitrogens with one attached hydrogen (secondary N) is 1. The Kier molecular flexibility index (Phi) is 9.24. The van der Waals surface area contributed by atoms with E-state index in [2.05, 4.69) is 28.8 Å². The molecule has 3 heterocycles. The summed E-state index contributed by atoms with van der Waals surface area (Å²) in [6, 6.07) is 22.6. The standard InChI is InChI=1S/C48H48N6O7S/c1-29-35(20-49-54(29)27-46-24-45(3)21-44(2)22-47(25-46,26-48(45,46)23-44)61-18-17-53(28-55)16-15-39(56)57)32-13-14-36(50-40(32)42(59)60)31-12-11-30-7-6-8-33(34(30)19-31)41(58)52-43-51-37-9-4-5-10-38(37)62-43/h4-14,19-20,28H,15-18,21-27H2,1-3H3,(H,56,57)(H,59,60)(H,51,52,58). The van der Waals surface area contributed by atoms with Gasteiger partial charge in [0.25, 0.3) is 5.91 Å². The summed E-state index contributed by atoms with van der Waals surface area (Å²) < 4.78 is 9.87. The van der Waals surface area contributed by atoms with Gasteiger partial charge in [-0.25, -0.2) is 14.8 Å². The van der Waals surface area contributed by atoms with E-state index in [1.165, 1.54) is 16.2 Å². The topological polar surface area (TPSA) is 177 Å². The van der Waals surface area contributed by atoms with Crippen LogP contribution in [0.2, 0.25) is 0 Å². The number of aromatic carboxylic acids is 1. The van der Waals surface area contributed by atoms with Crippen molar-refractivity contribution in [1.29, 1.82) is 0 Å². The molecule has 5 unspecified atom stereocenters. The predicted molar refractivity (Wildman–Crippen MR) is 235 cm³/mol. The fourth-order valence-corrected chi connectivity index (χ4v) is 13.9. The van der Waals surface area contributed by atoms with Gasteiger partial charge in [0.2, 0.25) is 6.41 Å². The van der Waals surface area contributed by atoms with Gasteiger partial charge in [0, 0.05) is 47.6 Å². The van der Waals surface area contributed by atoms with Gasteiger partial charge in [-0.15, -0.1) is 0 Å². The number of benzene rings is 3. The Hall–Kier alpha value is -5.99. The number of carbonyl (C=O) groups is 4. The number of para-hydroxylation sites is 1. The van der Waals surface area contributed by atoms with Crippen LogP contribution in [0, 0.1) is 28.6 Å². The number of hydrogen-bond donors (Lipinski definition) is 3. The fraction of sp³-hybridized carbons (Fsp3) is 0.396. The van der Waals surface area contributed by atoms with Crippen LogP contribution in [0.1, 0.15) is 85.3 Å². The van der Waals surface area contributed by atoms with E-state index in [1.807, 2.05) is 67.6 Å². The third kappa shape index (κ3) is 6.32. The van der Waals surface area contributed by atoms with Crippen molar-refractivity contribution < 1.29 is 34.1 Å². The van der Waals surface area contributed by atoms with Crippen LogP contribution in [-0.4, -0.2) is 84.4 Å². The van der Waals surface area contributed by atoms with Gasteiger partial charge in [-0.1, -0.05) is 61.6 Å². The zero-order valence-electron chi connectivity index (χ0n) is 34.9. The highest BCUT2D eigenvalue weighted by atomic mass is 32.1. The molecule has 3 bridgehead atoms. The monoisotopic (exact) mass is 852 g/mol. The number of carboxylic acids is 2. The average Bonchev–Trinajstić information content (AvgIpc) is 3.89. The normalized spacial score (nSPS) is 26.7. The molecule has 10 rings (SSSR count). The number of fused-ring (bicyclic) bond motifs is 4. The molecule has 5 atom stereocenters. The first-order valence-electron chi connectivity index (χ1n) is 21.2. The lowest BCUT2D eigenvalue weighted by molar-refractivity contribution is -0.178. The summed E-state index contributed by atoms with van der Waals surface area (Å²) in [5, 5.41) is 29.7. The molecule has 4 saturated carbocycles. The largest absolute Gasteiger partial charge is 0.481 e. The van der Waals surface area contributed by atoms with E-state index >= 15 is 0 Å². The van der Waals surface area contributed by atoms with E-state index in [0.717, 1.165) is 59.8 Å². The molecule has 4 aliphatic rings. The molecule has 3 N–H and O–H groups in total. The number of amides is 2. The zero-order valence-corrected chi connectivity index (χ0v) is 35.8. The first-order valence-corrected chi connectivity index (χ1v) is 22.0. The van der Waals surface area contributed by atoms with E-state index in [4.69, 9.17) is 19.9 Å². The first-order chi connectivity index (χ1) is 29.7. The van der Waals surface area contributed by atoms with Crippen molar-refractivity contribution in [2.24, 2.45) is 21.7 Å². The molecule has 318 valence electrons. The van der Waals surface area contributed by atoms with Gasteiger partial charge < -0.3 is 19.8 Å². The van der Waals surface area contributed by atoms with Crippen molar-refractivity contribution in [3.63, 3.8) is 0 Å². The summed E-state index contributed by atoms with van der Waals surface area (Å²) in [6.07, 6.45) is 8.47. The number of aliphatic carboxylic acids is 1. The molecule has 13 nitrogen and oxygen atoms in total. The number of thiazole rings is 1. The third-order valence-electron chi connectivity index (χ3n) is 14.9. The Morgan fingerprint density at radius 3 is 2.55 bits per heavy atom. The van der Waals surface area contributed by atoms with Crippen molar-refractivity contribution in [2.75, 3.05) is 25.0 Å². The predicted octanol–water partition coefficient (Wildman–Crippen LogP) is 8.70. The number of carboxylic acid groups (broad SMARTS) is 2. The van der Waals surface area contributed by atoms with Crippen LogP contribution in [0.5, 0.6) is 0 Å². The molecule has 6 aromatic rings. The van der Waals surface area contributed by atoms with Crippen LogP contribution in [0.3, 0.4) is 0 Å². The number of carbonyl (C=O) groups excluding carboxylic acids is 2. The first kappa shape index (κ1) is 40.1. The maximum Gasteiger partial charge on any atom is 0.355 e. The van der Waals surface area contributed by atoms with E-state index in [-0.39, 0.29) is 51.8 Å². The molecule has 0 saturated heterocycles. The lowest BCUT2D eigenvalue weighted by Crippen LogP contribution is -2.60. The van der Waals surface area contributed by atoms with E-state index in [1.54, 1.807) is 18.3 Å². The molecule has 2 amide bonds. The van der Waals surface area contributed by atoms with Crippen molar-refractivity contribution in [3.8, 4) is 22.4 Å². The smallest absolute Gasteiger partial charge is 0.355 e. The highest BCUT2D eigenvalue weighted by Gasteiger charge is 2.84. The Labute approximate surface area is 362 Å². The highest BCUT2D eigenvalue weighted by Crippen LogP contribution is 2.90. The van der Waals surface area contributed by atoms with E-state index in [9.17, 15) is 24.3 Å². The minimum absolute atomic E-state index is 0.0598. The zero-order chi connectivity index (χ0) is 43.2. The number of aromatic nitrogens is 4. The van der Waals surface area contributed by atoms with Crippen LogP contribution in [0.25, 0.3) is 43.4 Å². The molecule has 4 fully saturated rings. The maximum atomic E-state index is 13.6. The van der Waals surface area contributed by atoms with Crippen molar-refractivity contribution in [1.82, 2.24) is 24.6 Å². The Balaban J connectivity index is 0.913. The van der Waals surface area contributed by atoms with Crippen molar-refractivity contribution >= 4 is 61.7 Å². The Bertz CT molecular complexity index is 2820. The van der Waals surface area contributed by atoms with Crippen molar-refractivity contribution in [3.05, 3.63) is 95.9 Å². The molecule has 0 aliphatic heterocycles. The lowest BCUT2D eigenvalue weighted by atomic mass is 9.39. The fourth-order valence-electron chi connectivity index (χ4n) is 13.1. The van der Waals surface area contributed by atoms with Crippen LogP contribution in [0.15, 0.2) is 79.0 Å². The van der Waals surface area contributed by atoms with Gasteiger partial charge >= 0.3 is 11.9 Å². The molecule has 14 heteroatoms. The molecular formula is C48H48N6O7S. The summed E-state index contributed by atoms with van der Waals surface area (Å²) >= 11 is 1.41. The van der Waals surface area contributed by atoms with Gasteiger partial charge in [-0.05, 0) is 114 Å². The van der Waals surface area contributed by atoms with Crippen LogP contribution in [-0.2, 0) is 20.9 Å². The number of hydrogen-bond acceptors (Lipinski definition) is 9. The lowest BCUT2D eigenvalue weighted by Gasteiger charge is -2.65. The molecular weight excluding hydrogens is 805 g/mol. The van der Waals surface area contributed by atoms with Crippen LogP contribution < -0.4 is 5.32 Å². The van der Waals surface area contributed by atoms with Crippen LogP contribution >= 0.6 is 11.3 Å². The second-order valence-electron chi connectivity index (χ2n) is 19.0. The SMILES string of the molecule is Cc1c(-c2ccc(-c3ccc4cccc(C(=O)Nc5nc6ccccc6s5)c4c3)nc2C(=O)O)cnn1CC12CC3(OCCN(C=O)CCC(=O)O)CC4(C)CC(C)(C1)C2(C4)C3. The summed E-state index contributed by atoms with van der Waals surface area (Å²) in [6.45, 7) is 8.38. The van der Waals surface area contributed by atoms with Gasteiger partial charge in [-0.3, -0.25) is 24.4 Å². The van der Waals surface area contributed by atoms with E-state index < -0.39 is 11.9 Å². The minimum atomic E-state index is -1.15. The van der Waals surface area contributed by atoms with E-state index in [0.29, 0.717) is 64.6 Å². The molecule has 1 spiro atoms. The molecule has 4 aliphatic carbocycles. The Morgan fingerprint density at radius 2 is 1.76 bits per heavy atom. The number of rotatable bonds is 15. The maximum absolute atomic E-state index is 13.6. The molecule has 3 aromatic carbocycles. The molecule has 62 heavy (non-hydrogen) atoms. The molecule has 0 radical (unpaired) electrons. The number of nitrogens with zero attached hydrogens (tertiary/aromatic N) is 5. The van der Waals surface area contributed by atoms with Gasteiger partial charge in [-0.2, -0.15) is 5.10 Å². The van der Waals surface area contributed by atoms with Gasteiger partial charge in [0.15, 0.2) is 10.8 Å². The summed E-state index contributed by atoms with van der Waals surface area (Å²) in [7, 11) is 0. The summed E-state index contributed by atoms with van der Waals surface area (Å²) in [4.78, 5) is 60.2. The second kappa shape index (κ2) is 14.3. The highest BCUT2D eigenvalue weighted by molar-refractivity contribution is 7.22. The third-order valence-corrected chi connectivity index (χ3v) is 15.9. The summed E-state index contributed by atoms with van der Waals surface area (Å²) in [5.41, 5.74) is 4.41. The van der Waals surface area contributed by atoms with Gasteiger partial charge in [0.05, 0.1) is 40.7 Å². The number of pyridine rings is 1. The quantitative estimate of drug-likeness (QED) is 0.0847.